The highest BCUT2D eigenvalue weighted by molar-refractivity contribution is 5.76. The minimum Gasteiger partial charge on any atom is -0.493 e. The summed E-state index contributed by atoms with van der Waals surface area (Å²) < 4.78 is 21.8. The summed E-state index contributed by atoms with van der Waals surface area (Å²) in [6.07, 6.45) is 3.26. The molecule has 34 heavy (non-hydrogen) atoms. The van der Waals surface area contributed by atoms with Crippen LogP contribution in [-0.4, -0.2) is 23.8 Å². The average molecular weight is 466 g/mol. The van der Waals surface area contributed by atoms with E-state index in [4.69, 9.17) is 14.2 Å². The van der Waals surface area contributed by atoms with E-state index in [-0.39, 0.29) is 18.6 Å². The molecule has 0 radical (unpaired) electrons. The summed E-state index contributed by atoms with van der Waals surface area (Å²) in [5.41, 5.74) is 2.03. The number of methoxy groups -OCH3 is 1. The number of benzene rings is 2. The quantitative estimate of drug-likeness (QED) is 0.345. The highest BCUT2D eigenvalue weighted by Crippen LogP contribution is 2.35. The number of ether oxygens (including phenoxy) is 3. The average Bonchev–Trinajstić information content (AvgIpc) is 3.08. The Morgan fingerprint density at radius 1 is 1.09 bits per heavy atom. The van der Waals surface area contributed by atoms with Crippen LogP contribution in [0.25, 0.3) is 11.0 Å². The van der Waals surface area contributed by atoms with E-state index < -0.39 is 0 Å². The highest BCUT2D eigenvalue weighted by Gasteiger charge is 2.34. The number of esters is 1. The topological polar surface area (TPSA) is 53.6 Å². The maximum absolute atomic E-state index is 13.2. The zero-order chi connectivity index (χ0) is 24.2. The smallest absolute Gasteiger partial charge is 0.348 e. The molecule has 1 aromatic heterocycles. The van der Waals surface area contributed by atoms with Gasteiger partial charge in [-0.3, -0.25) is 0 Å². The van der Waals surface area contributed by atoms with E-state index in [2.05, 4.69) is 31.4 Å². The number of fused-ring (bicyclic) bond motifs is 1. The van der Waals surface area contributed by atoms with Gasteiger partial charge in [-0.15, -0.1) is 0 Å². The van der Waals surface area contributed by atoms with Crippen LogP contribution < -0.4 is 14.0 Å². The van der Waals surface area contributed by atoms with Crippen molar-refractivity contribution in [3.05, 3.63) is 54.4 Å². The Bertz CT molecular complexity index is 1140. The molecule has 1 heterocycles. The molecule has 0 N–H and O–H groups in total. The molecule has 6 heteroatoms. The van der Waals surface area contributed by atoms with Crippen LogP contribution in [0.4, 0.5) is 0 Å². The number of hydrogen-bond acceptors (Lipinski definition) is 4. The molecule has 0 amide bonds. The van der Waals surface area contributed by atoms with E-state index in [1.165, 1.54) is 6.42 Å². The summed E-state index contributed by atoms with van der Waals surface area (Å²) in [7, 11) is 3.63. The van der Waals surface area contributed by atoms with Crippen molar-refractivity contribution in [2.24, 2.45) is 24.8 Å². The van der Waals surface area contributed by atoms with Crippen molar-refractivity contribution < 1.29 is 23.6 Å². The second-order valence-electron chi connectivity index (χ2n) is 9.84. The van der Waals surface area contributed by atoms with Crippen molar-refractivity contribution in [3.8, 4) is 11.5 Å². The van der Waals surface area contributed by atoms with Gasteiger partial charge in [0, 0.05) is 0 Å². The summed E-state index contributed by atoms with van der Waals surface area (Å²) in [6, 6.07) is 15.7. The van der Waals surface area contributed by atoms with Crippen molar-refractivity contribution in [2.45, 2.75) is 59.3 Å². The predicted octanol–water partition coefficient (Wildman–Crippen LogP) is 5.06. The number of hydrogen-bond donors (Lipinski definition) is 0. The van der Waals surface area contributed by atoms with Crippen molar-refractivity contribution >= 4 is 17.0 Å². The summed E-state index contributed by atoms with van der Waals surface area (Å²) in [5.74, 6) is 3.55. The Kier molecular flexibility index (Phi) is 7.44. The van der Waals surface area contributed by atoms with E-state index in [0.717, 1.165) is 29.7 Å². The van der Waals surface area contributed by atoms with Gasteiger partial charge in [0.1, 0.15) is 6.10 Å². The number of rotatable bonds is 8. The van der Waals surface area contributed by atoms with Gasteiger partial charge in [0.25, 0.3) is 5.82 Å². The molecular formula is C28H37N2O4+. The van der Waals surface area contributed by atoms with E-state index >= 15 is 0 Å². The predicted molar refractivity (Wildman–Crippen MR) is 132 cm³/mol. The highest BCUT2D eigenvalue weighted by atomic mass is 16.5. The number of carbonyl (C=O) groups excluding carboxylic acids is 1. The van der Waals surface area contributed by atoms with Crippen LogP contribution in [0.1, 0.15) is 45.9 Å². The monoisotopic (exact) mass is 465 g/mol. The molecule has 1 saturated carbocycles. The van der Waals surface area contributed by atoms with Gasteiger partial charge in [0.05, 0.1) is 14.2 Å². The Hall–Kier alpha value is -3.02. The van der Waals surface area contributed by atoms with Gasteiger partial charge < -0.3 is 14.2 Å². The van der Waals surface area contributed by atoms with Gasteiger partial charge in [-0.05, 0) is 54.9 Å². The van der Waals surface area contributed by atoms with Crippen molar-refractivity contribution in [2.75, 3.05) is 7.11 Å². The molecule has 0 unspecified atom stereocenters. The first-order chi connectivity index (χ1) is 16.4. The number of carbonyl (C=O) groups is 1. The molecule has 0 bridgehead atoms. The first kappa shape index (κ1) is 24.1. The second-order valence-corrected chi connectivity index (χ2v) is 9.84. The number of nitrogens with zero attached hydrogens (tertiary/aromatic N) is 2. The standard InChI is InChI=1S/C28H37N2O4/c1-19(2)21-15-14-20(3)16-26(21)34-28(31)17-30-23-11-7-6-10-22(23)29(4)27(30)18-33-25-13-9-8-12-24(25)32-5/h6-13,19-21,26H,14-18H2,1-5H3/q+1/t20-,21+,26+/m0/s1. The number of para-hydroxylation sites is 4. The van der Waals surface area contributed by atoms with Crippen molar-refractivity contribution in [1.82, 2.24) is 4.57 Å². The third-order valence-electron chi connectivity index (χ3n) is 7.19. The van der Waals surface area contributed by atoms with Gasteiger partial charge in [0.15, 0.2) is 35.7 Å². The summed E-state index contributed by atoms with van der Waals surface area (Å²) in [4.78, 5) is 13.2. The summed E-state index contributed by atoms with van der Waals surface area (Å²) in [5, 5.41) is 0. The fraction of sp³-hybridized carbons (Fsp3) is 0.500. The maximum atomic E-state index is 13.2. The number of aromatic nitrogens is 2. The Balaban J connectivity index is 1.58. The lowest BCUT2D eigenvalue weighted by molar-refractivity contribution is -0.655. The summed E-state index contributed by atoms with van der Waals surface area (Å²) in [6.45, 7) is 7.17. The van der Waals surface area contributed by atoms with E-state index in [0.29, 0.717) is 35.9 Å². The minimum atomic E-state index is -0.190. The third kappa shape index (κ3) is 5.06. The van der Waals surface area contributed by atoms with Crippen LogP contribution >= 0.6 is 0 Å². The van der Waals surface area contributed by atoms with Gasteiger partial charge in [-0.2, -0.15) is 0 Å². The van der Waals surface area contributed by atoms with E-state index in [1.807, 2.05) is 54.1 Å². The molecule has 2 aromatic carbocycles. The van der Waals surface area contributed by atoms with Crippen LogP contribution in [0.5, 0.6) is 11.5 Å². The molecule has 0 spiro atoms. The van der Waals surface area contributed by atoms with Gasteiger partial charge in [0.2, 0.25) is 0 Å². The number of imidazole rings is 1. The Morgan fingerprint density at radius 2 is 1.79 bits per heavy atom. The zero-order valence-electron chi connectivity index (χ0n) is 21.0. The molecule has 0 saturated heterocycles. The SMILES string of the molecule is COc1ccccc1OCc1n(CC(=O)O[C@@H]2C[C@@H](C)CC[C@@H]2C(C)C)c2ccccc2[n+]1C. The molecule has 1 aliphatic rings. The van der Waals surface area contributed by atoms with Gasteiger partial charge in [-0.25, -0.2) is 13.9 Å². The summed E-state index contributed by atoms with van der Waals surface area (Å²) >= 11 is 0. The van der Waals surface area contributed by atoms with E-state index in [9.17, 15) is 4.79 Å². The molecular weight excluding hydrogens is 428 g/mol. The number of aryl methyl sites for hydroxylation is 1. The fourth-order valence-electron chi connectivity index (χ4n) is 5.25. The van der Waals surface area contributed by atoms with Gasteiger partial charge >= 0.3 is 5.97 Å². The Morgan fingerprint density at radius 3 is 2.53 bits per heavy atom. The first-order valence-corrected chi connectivity index (χ1v) is 12.3. The lowest BCUT2D eigenvalue weighted by Gasteiger charge is -2.36. The second kappa shape index (κ2) is 10.5. The van der Waals surface area contributed by atoms with Crippen LogP contribution in [0.15, 0.2) is 48.5 Å². The fourth-order valence-corrected chi connectivity index (χ4v) is 5.25. The zero-order valence-corrected chi connectivity index (χ0v) is 21.0. The van der Waals surface area contributed by atoms with Crippen LogP contribution in [-0.2, 0) is 29.7 Å². The van der Waals surface area contributed by atoms with Crippen molar-refractivity contribution in [1.29, 1.82) is 0 Å². The lowest BCUT2D eigenvalue weighted by Crippen LogP contribution is -2.37. The molecule has 1 aliphatic carbocycles. The molecule has 1 fully saturated rings. The van der Waals surface area contributed by atoms with Gasteiger partial charge in [-0.1, -0.05) is 51.5 Å². The molecule has 0 aliphatic heterocycles. The first-order valence-electron chi connectivity index (χ1n) is 12.3. The van der Waals surface area contributed by atoms with E-state index in [1.54, 1.807) is 7.11 Å². The lowest BCUT2D eigenvalue weighted by atomic mass is 9.75. The molecule has 4 rings (SSSR count). The largest absolute Gasteiger partial charge is 0.493 e. The molecule has 182 valence electrons. The van der Waals surface area contributed by atoms with Crippen LogP contribution in [0.3, 0.4) is 0 Å². The molecule has 6 nitrogen and oxygen atoms in total. The third-order valence-corrected chi connectivity index (χ3v) is 7.19. The maximum Gasteiger partial charge on any atom is 0.348 e. The van der Waals surface area contributed by atoms with Crippen LogP contribution in [0.2, 0.25) is 0 Å². The molecule has 3 atom stereocenters. The minimum absolute atomic E-state index is 0.0138. The molecule has 3 aromatic rings. The van der Waals surface area contributed by atoms with Crippen LogP contribution in [0, 0.1) is 17.8 Å². The Labute approximate surface area is 202 Å². The van der Waals surface area contributed by atoms with Crippen molar-refractivity contribution in [3.63, 3.8) is 0 Å². The normalized spacial score (nSPS) is 20.5.